The Hall–Kier alpha value is -1.55. The minimum absolute atomic E-state index is 0.164. The fourth-order valence-corrected chi connectivity index (χ4v) is 1.64. The van der Waals surface area contributed by atoms with Gasteiger partial charge >= 0.3 is 0 Å². The van der Waals surface area contributed by atoms with Crippen LogP contribution in [0.25, 0.3) is 0 Å². The minimum atomic E-state index is -0.611. The van der Waals surface area contributed by atoms with E-state index in [0.29, 0.717) is 10.7 Å². The average molecular weight is 297 g/mol. The highest BCUT2D eigenvalue weighted by molar-refractivity contribution is 6.31. The highest BCUT2D eigenvalue weighted by Gasteiger charge is 2.25. The van der Waals surface area contributed by atoms with Crippen molar-refractivity contribution in [1.82, 2.24) is 5.32 Å². The Morgan fingerprint density at radius 2 is 1.85 bits per heavy atom. The molecule has 0 fully saturated rings. The molecular formula is C15H21ClN2O2. The van der Waals surface area contributed by atoms with E-state index in [1.807, 2.05) is 6.92 Å². The van der Waals surface area contributed by atoms with Gasteiger partial charge in [0.05, 0.1) is 0 Å². The van der Waals surface area contributed by atoms with Gasteiger partial charge < -0.3 is 10.6 Å². The SMILES string of the molecule is Cc1c(Cl)cccc1NC(=O)C(C)NC(=O)C(C)(C)C. The molecule has 0 saturated heterocycles. The van der Waals surface area contributed by atoms with Gasteiger partial charge in [-0.25, -0.2) is 0 Å². The lowest BCUT2D eigenvalue weighted by Crippen LogP contribution is -2.46. The summed E-state index contributed by atoms with van der Waals surface area (Å²) in [5.74, 6) is -0.434. The van der Waals surface area contributed by atoms with E-state index in [1.165, 1.54) is 0 Å². The van der Waals surface area contributed by atoms with Crippen molar-refractivity contribution >= 4 is 29.1 Å². The Labute approximate surface area is 124 Å². The largest absolute Gasteiger partial charge is 0.344 e. The van der Waals surface area contributed by atoms with E-state index < -0.39 is 11.5 Å². The molecule has 4 nitrogen and oxygen atoms in total. The third-order valence-corrected chi connectivity index (χ3v) is 3.36. The van der Waals surface area contributed by atoms with E-state index in [0.717, 1.165) is 5.56 Å². The molecule has 1 atom stereocenters. The standard InChI is InChI=1S/C15H21ClN2O2/c1-9-11(16)7-6-8-12(9)18-13(19)10(2)17-14(20)15(3,4)5/h6-8,10H,1-5H3,(H,17,20)(H,18,19). The number of amides is 2. The molecule has 0 saturated carbocycles. The van der Waals surface area contributed by atoms with Crippen molar-refractivity contribution in [2.75, 3.05) is 5.32 Å². The van der Waals surface area contributed by atoms with Gasteiger partial charge in [0.1, 0.15) is 6.04 Å². The van der Waals surface area contributed by atoms with Gasteiger partial charge in [0.25, 0.3) is 0 Å². The summed E-state index contributed by atoms with van der Waals surface area (Å²) in [7, 11) is 0. The van der Waals surface area contributed by atoms with Gasteiger partial charge in [0.15, 0.2) is 0 Å². The molecule has 0 aromatic heterocycles. The molecule has 1 unspecified atom stereocenters. The Morgan fingerprint density at radius 1 is 1.25 bits per heavy atom. The summed E-state index contributed by atoms with van der Waals surface area (Å²) in [5, 5.41) is 6.05. The maximum absolute atomic E-state index is 12.1. The maximum atomic E-state index is 12.1. The zero-order chi connectivity index (χ0) is 15.5. The monoisotopic (exact) mass is 296 g/mol. The summed E-state index contributed by atoms with van der Waals surface area (Å²) in [5.41, 5.74) is 0.928. The fraction of sp³-hybridized carbons (Fsp3) is 0.467. The topological polar surface area (TPSA) is 58.2 Å². The molecule has 0 heterocycles. The van der Waals surface area contributed by atoms with E-state index in [9.17, 15) is 9.59 Å². The summed E-state index contributed by atoms with van der Waals surface area (Å²) in [6.07, 6.45) is 0. The summed E-state index contributed by atoms with van der Waals surface area (Å²) in [6.45, 7) is 8.88. The summed E-state index contributed by atoms with van der Waals surface area (Å²) in [4.78, 5) is 23.9. The fourth-order valence-electron chi connectivity index (χ4n) is 1.46. The van der Waals surface area contributed by atoms with Crippen molar-refractivity contribution in [3.63, 3.8) is 0 Å². The van der Waals surface area contributed by atoms with Gasteiger partial charge in [0.2, 0.25) is 11.8 Å². The van der Waals surface area contributed by atoms with Crippen LogP contribution in [-0.4, -0.2) is 17.9 Å². The second-order valence-corrected chi connectivity index (χ2v) is 6.25. The van der Waals surface area contributed by atoms with Crippen molar-refractivity contribution in [3.8, 4) is 0 Å². The third-order valence-electron chi connectivity index (χ3n) is 2.95. The quantitative estimate of drug-likeness (QED) is 0.900. The molecule has 1 aromatic carbocycles. The Balaban J connectivity index is 2.72. The predicted octanol–water partition coefficient (Wildman–Crippen LogP) is 3.14. The van der Waals surface area contributed by atoms with Gasteiger partial charge in [0, 0.05) is 16.1 Å². The van der Waals surface area contributed by atoms with E-state index in [-0.39, 0.29) is 11.8 Å². The predicted molar refractivity (Wildman–Crippen MR) is 81.9 cm³/mol. The highest BCUT2D eigenvalue weighted by Crippen LogP contribution is 2.23. The molecule has 0 bridgehead atoms. The Morgan fingerprint density at radius 3 is 2.40 bits per heavy atom. The lowest BCUT2D eigenvalue weighted by molar-refractivity contribution is -0.131. The number of benzene rings is 1. The summed E-state index contributed by atoms with van der Waals surface area (Å²) in [6, 6.07) is 4.69. The molecule has 0 aliphatic carbocycles. The molecule has 0 spiro atoms. The lowest BCUT2D eigenvalue weighted by Gasteiger charge is -2.21. The molecule has 0 aliphatic rings. The number of carbonyl (C=O) groups is 2. The number of hydrogen-bond acceptors (Lipinski definition) is 2. The Kier molecular flexibility index (Phi) is 5.17. The molecule has 1 rings (SSSR count). The lowest BCUT2D eigenvalue weighted by atomic mass is 9.95. The molecule has 5 heteroatoms. The van der Waals surface area contributed by atoms with Crippen LogP contribution in [0.15, 0.2) is 18.2 Å². The molecule has 0 radical (unpaired) electrons. The Bertz CT molecular complexity index is 521. The molecule has 2 amide bonds. The minimum Gasteiger partial charge on any atom is -0.344 e. The van der Waals surface area contributed by atoms with Crippen LogP contribution in [-0.2, 0) is 9.59 Å². The summed E-state index contributed by atoms with van der Waals surface area (Å²) < 4.78 is 0. The first-order valence-corrected chi connectivity index (χ1v) is 6.87. The van der Waals surface area contributed by atoms with E-state index in [1.54, 1.807) is 45.9 Å². The van der Waals surface area contributed by atoms with E-state index >= 15 is 0 Å². The van der Waals surface area contributed by atoms with Gasteiger partial charge in [-0.1, -0.05) is 38.4 Å². The van der Waals surface area contributed by atoms with Crippen LogP contribution in [0.4, 0.5) is 5.69 Å². The van der Waals surface area contributed by atoms with Gasteiger partial charge in [-0.3, -0.25) is 9.59 Å². The molecule has 20 heavy (non-hydrogen) atoms. The smallest absolute Gasteiger partial charge is 0.246 e. The molecule has 110 valence electrons. The third kappa shape index (κ3) is 4.23. The zero-order valence-electron chi connectivity index (χ0n) is 12.5. The second-order valence-electron chi connectivity index (χ2n) is 5.85. The molecular weight excluding hydrogens is 276 g/mol. The zero-order valence-corrected chi connectivity index (χ0v) is 13.3. The van der Waals surface area contributed by atoms with Crippen LogP contribution >= 0.6 is 11.6 Å². The van der Waals surface area contributed by atoms with Gasteiger partial charge in [-0.15, -0.1) is 0 Å². The molecule has 2 N–H and O–H groups in total. The number of rotatable bonds is 3. The van der Waals surface area contributed by atoms with Crippen molar-refractivity contribution in [1.29, 1.82) is 0 Å². The number of hydrogen-bond donors (Lipinski definition) is 2. The average Bonchev–Trinajstić information content (AvgIpc) is 2.33. The molecule has 1 aromatic rings. The van der Waals surface area contributed by atoms with Crippen molar-refractivity contribution < 1.29 is 9.59 Å². The maximum Gasteiger partial charge on any atom is 0.246 e. The van der Waals surface area contributed by atoms with Gasteiger partial charge in [-0.2, -0.15) is 0 Å². The number of halogens is 1. The normalized spacial score (nSPS) is 12.7. The highest BCUT2D eigenvalue weighted by atomic mass is 35.5. The molecule has 0 aliphatic heterocycles. The van der Waals surface area contributed by atoms with E-state index in [2.05, 4.69) is 10.6 Å². The van der Waals surface area contributed by atoms with Crippen LogP contribution in [0.1, 0.15) is 33.3 Å². The van der Waals surface area contributed by atoms with Crippen molar-refractivity contribution in [3.05, 3.63) is 28.8 Å². The van der Waals surface area contributed by atoms with Crippen LogP contribution in [0, 0.1) is 12.3 Å². The first-order valence-electron chi connectivity index (χ1n) is 6.50. The van der Waals surface area contributed by atoms with Crippen LogP contribution in [0.5, 0.6) is 0 Å². The van der Waals surface area contributed by atoms with Crippen LogP contribution < -0.4 is 10.6 Å². The number of carbonyl (C=O) groups excluding carboxylic acids is 2. The first-order chi connectivity index (χ1) is 9.12. The summed E-state index contributed by atoms with van der Waals surface area (Å²) >= 11 is 6.00. The van der Waals surface area contributed by atoms with Crippen molar-refractivity contribution in [2.24, 2.45) is 5.41 Å². The van der Waals surface area contributed by atoms with E-state index in [4.69, 9.17) is 11.6 Å². The van der Waals surface area contributed by atoms with Crippen LogP contribution in [0.2, 0.25) is 5.02 Å². The first kappa shape index (κ1) is 16.5. The number of nitrogens with one attached hydrogen (secondary N) is 2. The van der Waals surface area contributed by atoms with Gasteiger partial charge in [-0.05, 0) is 31.5 Å². The van der Waals surface area contributed by atoms with Crippen LogP contribution in [0.3, 0.4) is 0 Å². The van der Waals surface area contributed by atoms with Crippen molar-refractivity contribution in [2.45, 2.75) is 40.7 Å². The second kappa shape index (κ2) is 6.27. The number of anilines is 1.